The van der Waals surface area contributed by atoms with Crippen LogP contribution in [0, 0.1) is 0 Å². The van der Waals surface area contributed by atoms with E-state index in [9.17, 15) is 22.8 Å². The van der Waals surface area contributed by atoms with Crippen molar-refractivity contribution in [1.82, 2.24) is 9.80 Å². The number of piperazine rings is 1. The first-order valence-electron chi connectivity index (χ1n) is 7.61. The molecule has 1 saturated heterocycles. The second kappa shape index (κ2) is 7.62. The monoisotopic (exact) mass is 360 g/mol. The third-order valence-corrected chi connectivity index (χ3v) is 3.90. The molecule has 1 aromatic carbocycles. The van der Waals surface area contributed by atoms with Crippen LogP contribution in [0.1, 0.15) is 16.8 Å². The first-order valence-corrected chi connectivity index (χ1v) is 7.61. The van der Waals surface area contributed by atoms with E-state index in [4.69, 9.17) is 9.47 Å². The van der Waals surface area contributed by atoms with Crippen molar-refractivity contribution < 1.29 is 32.2 Å². The van der Waals surface area contributed by atoms with Crippen LogP contribution >= 0.6 is 0 Å². The molecule has 138 valence electrons. The molecule has 0 atom stereocenters. The van der Waals surface area contributed by atoms with Crippen molar-refractivity contribution >= 4 is 11.8 Å². The highest BCUT2D eigenvalue weighted by Crippen LogP contribution is 2.28. The highest BCUT2D eigenvalue weighted by molar-refractivity contribution is 5.95. The van der Waals surface area contributed by atoms with Gasteiger partial charge >= 0.3 is 6.18 Å². The molecular weight excluding hydrogens is 341 g/mol. The van der Waals surface area contributed by atoms with Crippen LogP contribution in [0.15, 0.2) is 18.2 Å². The van der Waals surface area contributed by atoms with Crippen LogP contribution in [0.2, 0.25) is 0 Å². The molecule has 6 nitrogen and oxygen atoms in total. The maximum atomic E-state index is 12.5. The number of alkyl halides is 3. The van der Waals surface area contributed by atoms with Crippen molar-refractivity contribution in [3.8, 4) is 11.5 Å². The summed E-state index contributed by atoms with van der Waals surface area (Å²) < 4.78 is 47.1. The number of nitrogens with zero attached hydrogens (tertiary/aromatic N) is 2. The molecule has 0 bridgehead atoms. The van der Waals surface area contributed by atoms with Crippen LogP contribution in [0.25, 0.3) is 0 Å². The molecule has 2 rings (SSSR count). The van der Waals surface area contributed by atoms with E-state index in [1.807, 2.05) is 0 Å². The smallest absolute Gasteiger partial charge is 0.397 e. The normalized spacial score (nSPS) is 15.1. The Hall–Kier alpha value is -2.45. The number of rotatable bonds is 4. The third-order valence-electron chi connectivity index (χ3n) is 3.90. The summed E-state index contributed by atoms with van der Waals surface area (Å²) in [7, 11) is 2.94. The number of carbonyl (C=O) groups is 2. The summed E-state index contributed by atoms with van der Waals surface area (Å²) in [6.45, 7) is 0.509. The van der Waals surface area contributed by atoms with Crippen LogP contribution in [0.4, 0.5) is 13.2 Å². The molecule has 1 aliphatic rings. The van der Waals surface area contributed by atoms with Gasteiger partial charge < -0.3 is 19.3 Å². The summed E-state index contributed by atoms with van der Waals surface area (Å²) in [5, 5.41) is 0. The van der Waals surface area contributed by atoms with Crippen molar-refractivity contribution in [2.75, 3.05) is 40.4 Å². The number of halogens is 3. The van der Waals surface area contributed by atoms with Gasteiger partial charge in [0.1, 0.15) is 6.42 Å². The maximum absolute atomic E-state index is 12.5. The molecule has 0 unspecified atom stereocenters. The Balaban J connectivity index is 1.98. The Morgan fingerprint density at radius 1 is 1.00 bits per heavy atom. The zero-order chi connectivity index (χ0) is 18.6. The van der Waals surface area contributed by atoms with Gasteiger partial charge in [0, 0.05) is 31.7 Å². The van der Waals surface area contributed by atoms with Gasteiger partial charge in [0.05, 0.1) is 14.2 Å². The van der Waals surface area contributed by atoms with Gasteiger partial charge in [0.15, 0.2) is 11.5 Å². The Kier molecular flexibility index (Phi) is 5.76. The van der Waals surface area contributed by atoms with E-state index in [0.717, 1.165) is 4.90 Å². The van der Waals surface area contributed by atoms with E-state index in [0.29, 0.717) is 17.1 Å². The SMILES string of the molecule is COc1ccc(C(=O)N2CCN(C(=O)CC(F)(F)F)CC2)cc1OC. The van der Waals surface area contributed by atoms with Gasteiger partial charge in [-0.2, -0.15) is 13.2 Å². The van der Waals surface area contributed by atoms with Gasteiger partial charge in [-0.3, -0.25) is 9.59 Å². The van der Waals surface area contributed by atoms with Gasteiger partial charge in [-0.25, -0.2) is 0 Å². The summed E-state index contributed by atoms with van der Waals surface area (Å²) in [6.07, 6.45) is -6.00. The predicted octanol–water partition coefficient (Wildman–Crippen LogP) is 1.94. The quantitative estimate of drug-likeness (QED) is 0.824. The zero-order valence-corrected chi connectivity index (χ0v) is 13.9. The van der Waals surface area contributed by atoms with Crippen LogP contribution in [0.3, 0.4) is 0 Å². The second-order valence-corrected chi connectivity index (χ2v) is 5.53. The molecule has 0 aromatic heterocycles. The number of amides is 2. The molecule has 2 amide bonds. The molecule has 0 saturated carbocycles. The minimum Gasteiger partial charge on any atom is -0.493 e. The van der Waals surface area contributed by atoms with Crippen LogP contribution in [-0.2, 0) is 4.79 Å². The standard InChI is InChI=1S/C16H19F3N2O4/c1-24-12-4-3-11(9-13(12)25-2)15(23)21-7-5-20(6-8-21)14(22)10-16(17,18)19/h3-4,9H,5-8,10H2,1-2H3. The van der Waals surface area contributed by atoms with E-state index in [2.05, 4.69) is 0 Å². The minimum absolute atomic E-state index is 0.0773. The zero-order valence-electron chi connectivity index (χ0n) is 13.9. The van der Waals surface area contributed by atoms with Crippen molar-refractivity contribution in [3.05, 3.63) is 23.8 Å². The maximum Gasteiger partial charge on any atom is 0.397 e. The fourth-order valence-electron chi connectivity index (χ4n) is 2.59. The van der Waals surface area contributed by atoms with E-state index < -0.39 is 18.5 Å². The number of benzene rings is 1. The second-order valence-electron chi connectivity index (χ2n) is 5.53. The van der Waals surface area contributed by atoms with E-state index in [-0.39, 0.29) is 32.1 Å². The lowest BCUT2D eigenvalue weighted by atomic mass is 10.1. The number of hydrogen-bond acceptors (Lipinski definition) is 4. The molecule has 0 radical (unpaired) electrons. The lowest BCUT2D eigenvalue weighted by Crippen LogP contribution is -2.51. The van der Waals surface area contributed by atoms with Gasteiger partial charge in [0.25, 0.3) is 5.91 Å². The van der Waals surface area contributed by atoms with E-state index in [1.54, 1.807) is 18.2 Å². The van der Waals surface area contributed by atoms with Crippen LogP contribution < -0.4 is 9.47 Å². The summed E-state index contributed by atoms with van der Waals surface area (Å²) in [4.78, 5) is 26.7. The summed E-state index contributed by atoms with van der Waals surface area (Å²) in [5.41, 5.74) is 0.382. The molecule has 0 aliphatic carbocycles. The first kappa shape index (κ1) is 18.9. The van der Waals surface area contributed by atoms with Crippen molar-refractivity contribution in [2.45, 2.75) is 12.6 Å². The highest BCUT2D eigenvalue weighted by Gasteiger charge is 2.35. The largest absolute Gasteiger partial charge is 0.493 e. The molecule has 9 heteroatoms. The van der Waals surface area contributed by atoms with E-state index >= 15 is 0 Å². The summed E-state index contributed by atoms with van der Waals surface area (Å²) in [6, 6.07) is 4.74. The number of carbonyl (C=O) groups excluding carboxylic acids is 2. The molecule has 1 fully saturated rings. The molecule has 0 spiro atoms. The predicted molar refractivity (Wildman–Crippen MR) is 82.7 cm³/mol. The van der Waals surface area contributed by atoms with Gasteiger partial charge in [-0.15, -0.1) is 0 Å². The Bertz CT molecular complexity index is 641. The Morgan fingerprint density at radius 2 is 1.56 bits per heavy atom. The van der Waals surface area contributed by atoms with Crippen LogP contribution in [0.5, 0.6) is 11.5 Å². The van der Waals surface area contributed by atoms with Crippen molar-refractivity contribution in [1.29, 1.82) is 0 Å². The Labute approximate surface area is 143 Å². The minimum atomic E-state index is -4.52. The Morgan fingerprint density at radius 3 is 2.08 bits per heavy atom. The molecule has 0 N–H and O–H groups in total. The molecular formula is C16H19F3N2O4. The third kappa shape index (κ3) is 4.77. The lowest BCUT2D eigenvalue weighted by Gasteiger charge is -2.35. The van der Waals surface area contributed by atoms with Crippen molar-refractivity contribution in [2.24, 2.45) is 0 Å². The fourth-order valence-corrected chi connectivity index (χ4v) is 2.59. The average molecular weight is 360 g/mol. The van der Waals surface area contributed by atoms with Crippen LogP contribution in [-0.4, -0.2) is 68.2 Å². The lowest BCUT2D eigenvalue weighted by molar-refractivity contribution is -0.162. The van der Waals surface area contributed by atoms with E-state index in [1.165, 1.54) is 19.1 Å². The topological polar surface area (TPSA) is 59.1 Å². The number of methoxy groups -OCH3 is 2. The van der Waals surface area contributed by atoms with Gasteiger partial charge in [0.2, 0.25) is 5.91 Å². The van der Waals surface area contributed by atoms with Gasteiger partial charge in [-0.05, 0) is 18.2 Å². The summed E-state index contributed by atoms with van der Waals surface area (Å²) >= 11 is 0. The molecule has 1 aliphatic heterocycles. The molecule has 1 heterocycles. The number of hydrogen-bond donors (Lipinski definition) is 0. The average Bonchev–Trinajstić information content (AvgIpc) is 2.59. The van der Waals surface area contributed by atoms with Crippen molar-refractivity contribution in [3.63, 3.8) is 0 Å². The number of ether oxygens (including phenoxy) is 2. The molecule has 1 aromatic rings. The summed E-state index contributed by atoms with van der Waals surface area (Å²) in [5.74, 6) is -0.344. The molecule has 25 heavy (non-hydrogen) atoms. The van der Waals surface area contributed by atoms with Gasteiger partial charge in [-0.1, -0.05) is 0 Å². The fraction of sp³-hybridized carbons (Fsp3) is 0.500. The first-order chi connectivity index (χ1) is 11.7. The highest BCUT2D eigenvalue weighted by atomic mass is 19.4.